The largest absolute Gasteiger partial charge is 0.487 e. The maximum atomic E-state index is 6.26. The molecule has 23 heavy (non-hydrogen) atoms. The highest BCUT2D eigenvalue weighted by atomic mass is 35.5. The lowest BCUT2D eigenvalue weighted by Gasteiger charge is -2.38. The number of nitrogens with one attached hydrogen (secondary N) is 1. The molecule has 4 rings (SSSR count). The van der Waals surface area contributed by atoms with Crippen LogP contribution in [0.1, 0.15) is 50.3 Å². The molecule has 1 aliphatic heterocycles. The Kier molecular flexibility index (Phi) is 3.54. The Bertz CT molecular complexity index is 768. The summed E-state index contributed by atoms with van der Waals surface area (Å²) in [5, 5.41) is 5.42. The summed E-state index contributed by atoms with van der Waals surface area (Å²) in [6.07, 6.45) is 3.69. The molecule has 2 aliphatic rings. The molecule has 2 heterocycles. The third kappa shape index (κ3) is 3.05. The molecule has 0 radical (unpaired) electrons. The molecule has 1 saturated carbocycles. The zero-order valence-electron chi connectivity index (χ0n) is 13.9. The summed E-state index contributed by atoms with van der Waals surface area (Å²) in [5.74, 6) is 1.84. The predicted molar refractivity (Wildman–Crippen MR) is 94.3 cm³/mol. The first-order valence-corrected chi connectivity index (χ1v) is 8.82. The lowest BCUT2D eigenvalue weighted by Crippen LogP contribution is -2.40. The van der Waals surface area contributed by atoms with Crippen LogP contribution in [-0.4, -0.2) is 17.1 Å². The van der Waals surface area contributed by atoms with Crippen LogP contribution >= 0.6 is 11.6 Å². The van der Waals surface area contributed by atoms with Crippen LogP contribution in [0.5, 0.6) is 5.75 Å². The molecule has 1 aliphatic carbocycles. The van der Waals surface area contributed by atoms with Gasteiger partial charge in [0.2, 0.25) is 0 Å². The minimum Gasteiger partial charge on any atom is -0.487 e. The normalized spacial score (nSPS) is 22.7. The lowest BCUT2D eigenvalue weighted by atomic mass is 9.88. The Morgan fingerprint density at radius 1 is 1.30 bits per heavy atom. The average Bonchev–Trinajstić information content (AvgIpc) is 3.27. The van der Waals surface area contributed by atoms with E-state index in [4.69, 9.17) is 16.3 Å². The summed E-state index contributed by atoms with van der Waals surface area (Å²) in [6.45, 7) is 7.50. The topological polar surface area (TPSA) is 34.1 Å². The zero-order valence-corrected chi connectivity index (χ0v) is 14.7. The van der Waals surface area contributed by atoms with Crippen LogP contribution in [0.3, 0.4) is 0 Å². The Morgan fingerprint density at radius 3 is 2.83 bits per heavy atom. The van der Waals surface area contributed by atoms with Crippen LogP contribution in [0, 0.1) is 12.8 Å². The number of pyridine rings is 1. The van der Waals surface area contributed by atoms with Crippen LogP contribution in [0.4, 0.5) is 0 Å². The number of nitrogens with zero attached hydrogens (tertiary/aromatic N) is 1. The number of rotatable bonds is 3. The Morgan fingerprint density at radius 2 is 2.09 bits per heavy atom. The molecule has 4 heteroatoms. The van der Waals surface area contributed by atoms with Gasteiger partial charge in [0.15, 0.2) is 0 Å². The first-order valence-electron chi connectivity index (χ1n) is 8.44. The molecule has 1 aromatic carbocycles. The van der Waals surface area contributed by atoms with Crippen molar-refractivity contribution in [3.63, 3.8) is 0 Å². The molecular weight excluding hydrogens is 308 g/mol. The van der Waals surface area contributed by atoms with E-state index in [1.165, 1.54) is 18.4 Å². The van der Waals surface area contributed by atoms with Gasteiger partial charge in [0.1, 0.15) is 16.5 Å². The van der Waals surface area contributed by atoms with Gasteiger partial charge in [-0.05, 0) is 69.8 Å². The summed E-state index contributed by atoms with van der Waals surface area (Å²) in [5.41, 5.74) is 3.15. The van der Waals surface area contributed by atoms with Gasteiger partial charge in [-0.1, -0.05) is 11.6 Å². The SMILES string of the molecule is Cc1cc(Cl)nc2cc3c(cc12)OC(C)(C)CC3NCC1CC1. The van der Waals surface area contributed by atoms with E-state index >= 15 is 0 Å². The number of aromatic nitrogens is 1. The maximum Gasteiger partial charge on any atom is 0.130 e. The van der Waals surface area contributed by atoms with Gasteiger partial charge in [0.25, 0.3) is 0 Å². The van der Waals surface area contributed by atoms with Gasteiger partial charge in [-0.3, -0.25) is 0 Å². The van der Waals surface area contributed by atoms with Gasteiger partial charge in [0, 0.05) is 23.4 Å². The van der Waals surface area contributed by atoms with Crippen molar-refractivity contribution in [3.05, 3.63) is 34.5 Å². The van der Waals surface area contributed by atoms with Gasteiger partial charge in [-0.25, -0.2) is 4.98 Å². The fourth-order valence-corrected chi connectivity index (χ4v) is 3.77. The molecular formula is C19H23ClN2O. The fourth-order valence-electron chi connectivity index (χ4n) is 3.51. The third-order valence-electron chi connectivity index (χ3n) is 4.92. The minimum absolute atomic E-state index is 0.157. The van der Waals surface area contributed by atoms with Crippen molar-refractivity contribution >= 4 is 22.5 Å². The highest BCUT2D eigenvalue weighted by Gasteiger charge is 2.35. The van der Waals surface area contributed by atoms with Crippen molar-refractivity contribution in [1.82, 2.24) is 10.3 Å². The molecule has 0 spiro atoms. The van der Waals surface area contributed by atoms with Gasteiger partial charge < -0.3 is 10.1 Å². The van der Waals surface area contributed by atoms with Crippen LogP contribution < -0.4 is 10.1 Å². The molecule has 1 N–H and O–H groups in total. The van der Waals surface area contributed by atoms with Gasteiger partial charge >= 0.3 is 0 Å². The molecule has 1 unspecified atom stereocenters. The highest BCUT2D eigenvalue weighted by Crippen LogP contribution is 2.42. The zero-order chi connectivity index (χ0) is 16.2. The van der Waals surface area contributed by atoms with Crippen molar-refractivity contribution in [2.24, 2.45) is 5.92 Å². The van der Waals surface area contributed by atoms with Crippen LogP contribution in [-0.2, 0) is 0 Å². The second-order valence-electron chi connectivity index (χ2n) is 7.64. The number of aryl methyl sites for hydroxylation is 1. The standard InChI is InChI=1S/C19H23ClN2O/c1-11-6-18(20)22-15-7-14-16(21-10-12-4-5-12)9-19(2,3)23-17(14)8-13(11)15/h6-8,12,16,21H,4-5,9-10H2,1-3H3. The summed E-state index contributed by atoms with van der Waals surface area (Å²) in [6, 6.07) is 6.52. The lowest BCUT2D eigenvalue weighted by molar-refractivity contribution is 0.0661. The second-order valence-corrected chi connectivity index (χ2v) is 8.03. The first-order chi connectivity index (χ1) is 10.9. The Labute approximate surface area is 142 Å². The van der Waals surface area contributed by atoms with Crippen LogP contribution in [0.2, 0.25) is 5.15 Å². The van der Waals surface area contributed by atoms with Gasteiger partial charge in [-0.15, -0.1) is 0 Å². The van der Waals surface area contributed by atoms with Gasteiger partial charge in [0.05, 0.1) is 5.52 Å². The summed E-state index contributed by atoms with van der Waals surface area (Å²) >= 11 is 6.14. The number of ether oxygens (including phenoxy) is 1. The van der Waals surface area contributed by atoms with Crippen molar-refractivity contribution in [2.75, 3.05) is 6.54 Å². The molecule has 0 bridgehead atoms. The van der Waals surface area contributed by atoms with E-state index in [9.17, 15) is 0 Å². The molecule has 3 nitrogen and oxygen atoms in total. The Hall–Kier alpha value is -1.32. The number of fused-ring (bicyclic) bond motifs is 2. The Balaban J connectivity index is 1.79. The average molecular weight is 331 g/mol. The van der Waals surface area contributed by atoms with E-state index in [0.29, 0.717) is 11.2 Å². The van der Waals surface area contributed by atoms with Crippen LogP contribution in [0.25, 0.3) is 10.9 Å². The monoisotopic (exact) mass is 330 g/mol. The molecule has 2 aromatic rings. The number of hydrogen-bond donors (Lipinski definition) is 1. The third-order valence-corrected chi connectivity index (χ3v) is 5.12. The number of hydrogen-bond acceptors (Lipinski definition) is 3. The molecule has 1 atom stereocenters. The minimum atomic E-state index is -0.157. The second kappa shape index (κ2) is 5.35. The van der Waals surface area contributed by atoms with Crippen molar-refractivity contribution < 1.29 is 4.74 Å². The van der Waals surface area contributed by atoms with Crippen LogP contribution in [0.15, 0.2) is 18.2 Å². The molecule has 0 saturated heterocycles. The number of halogens is 1. The smallest absolute Gasteiger partial charge is 0.130 e. The van der Waals surface area contributed by atoms with Crippen molar-refractivity contribution in [3.8, 4) is 5.75 Å². The van der Waals surface area contributed by atoms with Crippen molar-refractivity contribution in [2.45, 2.75) is 51.7 Å². The van der Waals surface area contributed by atoms with Crippen molar-refractivity contribution in [1.29, 1.82) is 0 Å². The van der Waals surface area contributed by atoms with Gasteiger partial charge in [-0.2, -0.15) is 0 Å². The first kappa shape index (κ1) is 15.2. The summed E-state index contributed by atoms with van der Waals surface area (Å²) < 4.78 is 6.26. The molecule has 0 amide bonds. The summed E-state index contributed by atoms with van der Waals surface area (Å²) in [7, 11) is 0. The summed E-state index contributed by atoms with van der Waals surface area (Å²) in [4.78, 5) is 4.51. The predicted octanol–water partition coefficient (Wildman–Crippen LogP) is 4.80. The highest BCUT2D eigenvalue weighted by molar-refractivity contribution is 6.29. The fraction of sp³-hybridized carbons (Fsp3) is 0.526. The van der Waals surface area contributed by atoms with E-state index in [0.717, 1.165) is 41.1 Å². The molecule has 122 valence electrons. The maximum absolute atomic E-state index is 6.26. The van der Waals surface area contributed by atoms with E-state index in [1.807, 2.05) is 6.07 Å². The van der Waals surface area contributed by atoms with E-state index in [2.05, 4.69) is 43.2 Å². The number of benzene rings is 1. The molecule has 1 fully saturated rings. The van der Waals surface area contributed by atoms with E-state index in [1.54, 1.807) is 0 Å². The molecule has 1 aromatic heterocycles. The van der Waals surface area contributed by atoms with E-state index < -0.39 is 0 Å². The quantitative estimate of drug-likeness (QED) is 0.821. The van der Waals surface area contributed by atoms with E-state index in [-0.39, 0.29) is 5.60 Å².